The first-order chi connectivity index (χ1) is 16.4. The van der Waals surface area contributed by atoms with Crippen LogP contribution in [0.4, 0.5) is 0 Å². The maximum Gasteiger partial charge on any atom is 0.330 e. The molecule has 3 aromatic rings. The van der Waals surface area contributed by atoms with Gasteiger partial charge in [0.1, 0.15) is 11.4 Å². The Labute approximate surface area is 206 Å². The molecule has 4 atom stereocenters. The van der Waals surface area contributed by atoms with E-state index in [0.29, 0.717) is 12.1 Å². The van der Waals surface area contributed by atoms with E-state index in [-0.39, 0.29) is 22.2 Å². The number of thioether (sulfide) groups is 2. The van der Waals surface area contributed by atoms with Gasteiger partial charge in [0.15, 0.2) is 6.23 Å². The van der Waals surface area contributed by atoms with E-state index in [9.17, 15) is 9.59 Å². The maximum absolute atomic E-state index is 12.6. The summed E-state index contributed by atoms with van der Waals surface area (Å²) in [6, 6.07) is 7.68. The summed E-state index contributed by atoms with van der Waals surface area (Å²) in [6.07, 6.45) is 2.85. The van der Waals surface area contributed by atoms with E-state index in [4.69, 9.17) is 9.47 Å². The third kappa shape index (κ3) is 5.11. The Balaban J connectivity index is 1.60. The average Bonchev–Trinajstić information content (AvgIpc) is 3.43. The number of methoxy groups -OCH3 is 1. The number of nitrogens with zero attached hydrogens (tertiary/aromatic N) is 4. The lowest BCUT2D eigenvalue weighted by molar-refractivity contribution is -0.00728. The topological polar surface area (TPSA) is 104 Å². The highest BCUT2D eigenvalue weighted by atomic mass is 32.2. The summed E-state index contributed by atoms with van der Waals surface area (Å²) in [5.74, 6) is 2.60. The van der Waals surface area contributed by atoms with E-state index in [1.807, 2.05) is 42.2 Å². The second kappa shape index (κ2) is 10.8. The molecule has 2 aromatic heterocycles. The fraction of sp³-hybridized carbons (Fsp3) is 0.478. The van der Waals surface area contributed by atoms with Crippen molar-refractivity contribution in [2.45, 2.75) is 50.1 Å². The van der Waals surface area contributed by atoms with Gasteiger partial charge in [0.05, 0.1) is 31.2 Å². The number of hydrogen-bond acceptors (Lipinski definition) is 8. The standard InChI is InChI=1S/C23H29N5O4S2/c1-5-33-19-18(13-27-12-17(25-26-27)15-7-9-16(31-4)10-8-15)32-22(20(19)34-6-2)28-11-14(3)21(29)24-23(28)30/h7-12,18-20,22H,5-6,13H2,1-4H3,(H,24,29,30)/t18-,19-,20-,22-/m1/s1. The summed E-state index contributed by atoms with van der Waals surface area (Å²) in [6.45, 7) is 6.42. The van der Waals surface area contributed by atoms with Gasteiger partial charge in [-0.15, -0.1) is 5.10 Å². The quantitative estimate of drug-likeness (QED) is 0.475. The van der Waals surface area contributed by atoms with Crippen molar-refractivity contribution >= 4 is 23.5 Å². The Bertz CT molecular complexity index is 1220. The number of hydrogen-bond donors (Lipinski definition) is 1. The number of ether oxygens (including phenoxy) is 2. The number of aromatic amines is 1. The lowest BCUT2D eigenvalue weighted by Gasteiger charge is -2.23. The molecule has 0 bridgehead atoms. The van der Waals surface area contributed by atoms with Crippen molar-refractivity contribution in [2.75, 3.05) is 18.6 Å². The van der Waals surface area contributed by atoms with Crippen LogP contribution in [0, 0.1) is 6.92 Å². The minimum atomic E-state index is -0.480. The van der Waals surface area contributed by atoms with Crippen LogP contribution in [-0.2, 0) is 11.3 Å². The first-order valence-electron chi connectivity index (χ1n) is 11.2. The van der Waals surface area contributed by atoms with Crippen LogP contribution >= 0.6 is 23.5 Å². The molecule has 9 nitrogen and oxygen atoms in total. The van der Waals surface area contributed by atoms with E-state index >= 15 is 0 Å². The van der Waals surface area contributed by atoms with Crippen molar-refractivity contribution < 1.29 is 9.47 Å². The smallest absolute Gasteiger partial charge is 0.330 e. The molecule has 1 saturated heterocycles. The van der Waals surface area contributed by atoms with Gasteiger partial charge < -0.3 is 9.47 Å². The van der Waals surface area contributed by atoms with E-state index < -0.39 is 11.9 Å². The number of aromatic nitrogens is 5. The maximum atomic E-state index is 12.6. The van der Waals surface area contributed by atoms with Crippen molar-refractivity contribution in [3.05, 3.63) is 63.1 Å². The number of H-pyrrole nitrogens is 1. The van der Waals surface area contributed by atoms with Gasteiger partial charge in [-0.2, -0.15) is 23.5 Å². The molecule has 0 spiro atoms. The zero-order chi connectivity index (χ0) is 24.2. The fourth-order valence-electron chi connectivity index (χ4n) is 4.08. The van der Waals surface area contributed by atoms with Gasteiger partial charge in [0.25, 0.3) is 5.56 Å². The van der Waals surface area contributed by atoms with Crippen LogP contribution < -0.4 is 16.0 Å². The molecule has 0 aliphatic carbocycles. The van der Waals surface area contributed by atoms with Crippen molar-refractivity contribution in [1.29, 1.82) is 0 Å². The Morgan fingerprint density at radius 3 is 2.47 bits per heavy atom. The lowest BCUT2D eigenvalue weighted by atomic mass is 10.1. The van der Waals surface area contributed by atoms with Crippen molar-refractivity contribution in [3.63, 3.8) is 0 Å². The van der Waals surface area contributed by atoms with E-state index in [1.165, 1.54) is 4.57 Å². The summed E-state index contributed by atoms with van der Waals surface area (Å²) in [7, 11) is 1.64. The van der Waals surface area contributed by atoms with Crippen LogP contribution in [0.15, 0.2) is 46.2 Å². The first kappa shape index (κ1) is 24.6. The zero-order valence-corrected chi connectivity index (χ0v) is 21.3. The summed E-state index contributed by atoms with van der Waals surface area (Å²) in [5, 5.41) is 8.86. The third-order valence-corrected chi connectivity index (χ3v) is 8.45. The van der Waals surface area contributed by atoms with Gasteiger partial charge in [-0.3, -0.25) is 14.3 Å². The van der Waals surface area contributed by atoms with Crippen LogP contribution in [0.1, 0.15) is 25.6 Å². The van der Waals surface area contributed by atoms with Crippen molar-refractivity contribution in [1.82, 2.24) is 24.5 Å². The Morgan fingerprint density at radius 1 is 1.09 bits per heavy atom. The molecule has 0 unspecified atom stereocenters. The minimum absolute atomic E-state index is 0.0486. The van der Waals surface area contributed by atoms with Gasteiger partial charge in [-0.1, -0.05) is 19.1 Å². The Hall–Kier alpha value is -2.50. The molecule has 34 heavy (non-hydrogen) atoms. The Kier molecular flexibility index (Phi) is 7.84. The van der Waals surface area contributed by atoms with Gasteiger partial charge in [0, 0.05) is 22.6 Å². The molecule has 3 heterocycles. The highest BCUT2D eigenvalue weighted by Crippen LogP contribution is 2.43. The predicted molar refractivity (Wildman–Crippen MR) is 136 cm³/mol. The van der Waals surface area contributed by atoms with Gasteiger partial charge in [0.2, 0.25) is 0 Å². The second-order valence-corrected chi connectivity index (χ2v) is 10.8. The fourth-order valence-corrected chi connectivity index (χ4v) is 6.74. The molecular formula is C23H29N5O4S2. The average molecular weight is 504 g/mol. The highest BCUT2D eigenvalue weighted by Gasteiger charge is 2.46. The molecule has 4 rings (SSSR count). The molecule has 0 radical (unpaired) electrons. The lowest BCUT2D eigenvalue weighted by Crippen LogP contribution is -2.37. The van der Waals surface area contributed by atoms with Crippen LogP contribution in [0.2, 0.25) is 0 Å². The molecule has 0 saturated carbocycles. The number of aryl methyl sites for hydroxylation is 1. The van der Waals surface area contributed by atoms with Crippen LogP contribution in [0.5, 0.6) is 5.75 Å². The van der Waals surface area contributed by atoms with Gasteiger partial charge >= 0.3 is 5.69 Å². The monoisotopic (exact) mass is 503 g/mol. The number of benzene rings is 1. The number of rotatable bonds is 9. The SMILES string of the molecule is CCS[C@@H]1[C@H](SCC)[C@@H](Cn2cc(-c3ccc(OC)cc3)nn2)O[C@H]1n1cc(C)c(=O)[nH]c1=O. The summed E-state index contributed by atoms with van der Waals surface area (Å²) in [5.41, 5.74) is 1.37. The molecule has 0 amide bonds. The number of nitrogens with one attached hydrogen (secondary N) is 1. The van der Waals surface area contributed by atoms with Crippen molar-refractivity contribution in [2.24, 2.45) is 0 Å². The van der Waals surface area contributed by atoms with Crippen LogP contribution in [-0.4, -0.2) is 59.8 Å². The molecular weight excluding hydrogens is 474 g/mol. The molecule has 1 N–H and O–H groups in total. The van der Waals surface area contributed by atoms with Crippen molar-refractivity contribution in [3.8, 4) is 17.0 Å². The summed E-state index contributed by atoms with van der Waals surface area (Å²) < 4.78 is 15.0. The van der Waals surface area contributed by atoms with Gasteiger partial charge in [-0.05, 0) is 42.7 Å². The molecule has 11 heteroatoms. The van der Waals surface area contributed by atoms with E-state index in [0.717, 1.165) is 28.5 Å². The Morgan fingerprint density at radius 2 is 1.79 bits per heavy atom. The summed E-state index contributed by atoms with van der Waals surface area (Å²) >= 11 is 3.60. The molecule has 1 aromatic carbocycles. The minimum Gasteiger partial charge on any atom is -0.497 e. The van der Waals surface area contributed by atoms with Gasteiger partial charge in [-0.25, -0.2) is 9.48 Å². The molecule has 1 aliphatic rings. The largest absolute Gasteiger partial charge is 0.497 e. The van der Waals surface area contributed by atoms with E-state index in [2.05, 4.69) is 29.1 Å². The molecule has 182 valence electrons. The molecule has 1 fully saturated rings. The van der Waals surface area contributed by atoms with Crippen LogP contribution in [0.25, 0.3) is 11.3 Å². The van der Waals surface area contributed by atoms with E-state index in [1.54, 1.807) is 36.7 Å². The van der Waals surface area contributed by atoms with Crippen LogP contribution in [0.3, 0.4) is 0 Å². The first-order valence-corrected chi connectivity index (χ1v) is 13.3. The predicted octanol–water partition coefficient (Wildman–Crippen LogP) is 2.95. The molecule has 1 aliphatic heterocycles. The highest BCUT2D eigenvalue weighted by molar-refractivity contribution is 8.03. The zero-order valence-electron chi connectivity index (χ0n) is 19.6. The second-order valence-electron chi connectivity index (χ2n) is 7.94. The third-order valence-electron chi connectivity index (χ3n) is 5.72. The normalized spacial score (nSPS) is 22.2. The summed E-state index contributed by atoms with van der Waals surface area (Å²) in [4.78, 5) is 26.9.